The standard InChI is InChI=1S/C14H17F2N3O3S.C9H10N2S/c1-14(22)7-19(8-14)23-18-13(21)17-12(6-20)4-9-2-10(15)5-11(16)3-9;1-11(2)7-3-4-9-8(5-7)10-6-12-9/h2-3,5-6,12,22H,4,7-8H2,1H3,(H2,17,18,21);3-6H,1-2H3. The number of urea groups is 1. The maximum Gasteiger partial charge on any atom is 0.326 e. The average Bonchev–Trinajstić information content (AvgIpc) is 3.23. The van der Waals surface area contributed by atoms with E-state index < -0.39 is 29.3 Å². The number of halogens is 2. The van der Waals surface area contributed by atoms with Gasteiger partial charge in [0.15, 0.2) is 0 Å². The van der Waals surface area contributed by atoms with Gasteiger partial charge in [-0.1, -0.05) is 0 Å². The summed E-state index contributed by atoms with van der Waals surface area (Å²) in [6.45, 7) is 2.51. The second kappa shape index (κ2) is 11.8. The van der Waals surface area contributed by atoms with E-state index in [1.165, 1.54) is 10.4 Å². The Labute approximate surface area is 210 Å². The monoisotopic (exact) mass is 523 g/mol. The molecule has 0 bridgehead atoms. The first-order valence-corrected chi connectivity index (χ1v) is 12.3. The Morgan fingerprint density at radius 3 is 2.57 bits per heavy atom. The molecule has 1 fully saturated rings. The molecule has 188 valence electrons. The molecule has 4 rings (SSSR count). The third-order valence-corrected chi connectivity index (χ3v) is 6.59. The van der Waals surface area contributed by atoms with Gasteiger partial charge in [0, 0.05) is 51.1 Å². The number of anilines is 1. The van der Waals surface area contributed by atoms with Gasteiger partial charge in [-0.25, -0.2) is 22.9 Å². The Bertz CT molecular complexity index is 1150. The number of nitrogens with zero attached hydrogens (tertiary/aromatic N) is 3. The Kier molecular flexibility index (Phi) is 9.00. The third kappa shape index (κ3) is 8.13. The summed E-state index contributed by atoms with van der Waals surface area (Å²) in [5.41, 5.74) is 3.69. The zero-order valence-electron chi connectivity index (χ0n) is 19.5. The van der Waals surface area contributed by atoms with Crippen LogP contribution in [0.1, 0.15) is 12.5 Å². The summed E-state index contributed by atoms with van der Waals surface area (Å²) in [4.78, 5) is 29.1. The van der Waals surface area contributed by atoms with Crippen LogP contribution in [-0.2, 0) is 11.2 Å². The smallest absolute Gasteiger partial charge is 0.326 e. The molecule has 0 aliphatic carbocycles. The van der Waals surface area contributed by atoms with Crippen LogP contribution < -0.4 is 14.9 Å². The summed E-state index contributed by atoms with van der Waals surface area (Å²) in [6.07, 6.45) is 0.482. The van der Waals surface area contributed by atoms with Crippen molar-refractivity contribution in [1.29, 1.82) is 0 Å². The van der Waals surface area contributed by atoms with Crippen LogP contribution in [0.15, 0.2) is 41.9 Å². The van der Waals surface area contributed by atoms with Crippen molar-refractivity contribution in [3.8, 4) is 0 Å². The molecule has 1 aliphatic heterocycles. The van der Waals surface area contributed by atoms with Gasteiger partial charge in [0.05, 0.1) is 27.4 Å². The predicted octanol–water partition coefficient (Wildman–Crippen LogP) is 3.37. The largest absolute Gasteiger partial charge is 0.387 e. The maximum absolute atomic E-state index is 13.1. The van der Waals surface area contributed by atoms with Crippen LogP contribution in [0.2, 0.25) is 0 Å². The van der Waals surface area contributed by atoms with E-state index in [-0.39, 0.29) is 12.0 Å². The van der Waals surface area contributed by atoms with E-state index in [0.717, 1.165) is 35.8 Å². The van der Waals surface area contributed by atoms with Gasteiger partial charge in [-0.15, -0.1) is 11.3 Å². The summed E-state index contributed by atoms with van der Waals surface area (Å²) in [5.74, 6) is -1.48. The van der Waals surface area contributed by atoms with Gasteiger partial charge >= 0.3 is 6.03 Å². The van der Waals surface area contributed by atoms with Crippen LogP contribution in [-0.4, -0.2) is 65.5 Å². The molecule has 2 heterocycles. The molecule has 3 aromatic rings. The van der Waals surface area contributed by atoms with E-state index in [1.807, 2.05) is 19.6 Å². The number of fused-ring (bicyclic) bond motifs is 1. The lowest BCUT2D eigenvalue weighted by Crippen LogP contribution is -2.58. The molecule has 2 amide bonds. The fourth-order valence-corrected chi connectivity index (χ4v) is 4.94. The molecule has 0 radical (unpaired) electrons. The van der Waals surface area contributed by atoms with Crippen LogP contribution in [0.3, 0.4) is 0 Å². The normalized spacial score (nSPS) is 15.4. The predicted molar refractivity (Wildman–Crippen MR) is 135 cm³/mol. The molecule has 12 heteroatoms. The molecule has 1 unspecified atom stereocenters. The Balaban J connectivity index is 0.000000237. The van der Waals surface area contributed by atoms with Crippen molar-refractivity contribution in [3.05, 3.63) is 59.1 Å². The molecular weight excluding hydrogens is 496 g/mol. The number of carbonyl (C=O) groups excluding carboxylic acids is 2. The van der Waals surface area contributed by atoms with Gasteiger partial charge in [-0.2, -0.15) is 0 Å². The molecule has 35 heavy (non-hydrogen) atoms. The number of thiazole rings is 1. The highest BCUT2D eigenvalue weighted by atomic mass is 32.2. The molecule has 0 spiro atoms. The summed E-state index contributed by atoms with van der Waals surface area (Å²) >= 11 is 2.69. The van der Waals surface area contributed by atoms with Crippen LogP contribution in [0, 0.1) is 11.6 Å². The summed E-state index contributed by atoms with van der Waals surface area (Å²) in [7, 11) is 4.07. The van der Waals surface area contributed by atoms with Crippen molar-refractivity contribution < 1.29 is 23.5 Å². The van der Waals surface area contributed by atoms with Gasteiger partial charge in [-0.3, -0.25) is 4.72 Å². The molecule has 1 saturated heterocycles. The van der Waals surface area contributed by atoms with Crippen molar-refractivity contribution in [3.63, 3.8) is 0 Å². The van der Waals surface area contributed by atoms with E-state index in [1.54, 1.807) is 22.6 Å². The van der Waals surface area contributed by atoms with Gasteiger partial charge in [0.25, 0.3) is 0 Å². The molecular formula is C23H27F2N5O3S2. The Morgan fingerprint density at radius 2 is 1.97 bits per heavy atom. The number of aliphatic hydroxyl groups is 1. The number of hydrogen-bond donors (Lipinski definition) is 3. The number of carbonyl (C=O) groups is 2. The van der Waals surface area contributed by atoms with E-state index in [9.17, 15) is 23.5 Å². The third-order valence-electron chi connectivity index (χ3n) is 4.99. The van der Waals surface area contributed by atoms with Gasteiger partial charge in [0.1, 0.15) is 17.9 Å². The van der Waals surface area contributed by atoms with Crippen LogP contribution in [0.5, 0.6) is 0 Å². The first-order valence-electron chi connectivity index (χ1n) is 10.7. The molecule has 3 N–H and O–H groups in total. The van der Waals surface area contributed by atoms with Gasteiger partial charge in [0.2, 0.25) is 0 Å². The number of benzene rings is 2. The molecule has 1 aliphatic rings. The lowest BCUT2D eigenvalue weighted by molar-refractivity contribution is -0.109. The highest BCUT2D eigenvalue weighted by Crippen LogP contribution is 2.25. The summed E-state index contributed by atoms with van der Waals surface area (Å²) < 4.78 is 31.7. The Morgan fingerprint density at radius 1 is 1.29 bits per heavy atom. The number of amides is 2. The first kappa shape index (κ1) is 26.8. The van der Waals surface area contributed by atoms with E-state index in [0.29, 0.717) is 19.4 Å². The fraction of sp³-hybridized carbons (Fsp3) is 0.348. The van der Waals surface area contributed by atoms with Gasteiger partial charge in [-0.05, 0) is 49.2 Å². The van der Waals surface area contributed by atoms with E-state index in [4.69, 9.17) is 0 Å². The van der Waals surface area contributed by atoms with E-state index in [2.05, 4.69) is 38.1 Å². The van der Waals surface area contributed by atoms with Crippen molar-refractivity contribution in [2.45, 2.75) is 25.0 Å². The minimum absolute atomic E-state index is 0.0192. The van der Waals surface area contributed by atoms with E-state index >= 15 is 0 Å². The lowest BCUT2D eigenvalue weighted by atomic mass is 10.0. The maximum atomic E-state index is 13.1. The van der Waals surface area contributed by atoms with Crippen molar-refractivity contribution in [2.24, 2.45) is 0 Å². The van der Waals surface area contributed by atoms with Crippen molar-refractivity contribution in [1.82, 2.24) is 19.3 Å². The molecule has 8 nitrogen and oxygen atoms in total. The number of β-amino-alcohol motifs (C(OH)–C–C–N with tert-alkyl or cyclic N) is 1. The quantitative estimate of drug-likeness (QED) is 0.323. The topological polar surface area (TPSA) is 97.8 Å². The summed E-state index contributed by atoms with van der Waals surface area (Å²) in [5, 5.41) is 12.0. The summed E-state index contributed by atoms with van der Waals surface area (Å²) in [6, 6.07) is 7.77. The lowest BCUT2D eigenvalue weighted by Gasteiger charge is -2.42. The molecule has 1 atom stereocenters. The second-order valence-electron chi connectivity index (χ2n) is 8.58. The number of nitrogens with one attached hydrogen (secondary N) is 2. The van der Waals surface area contributed by atoms with Gasteiger partial charge < -0.3 is 20.1 Å². The first-order chi connectivity index (χ1) is 16.5. The van der Waals surface area contributed by atoms with Crippen LogP contribution in [0.4, 0.5) is 19.3 Å². The average molecular weight is 524 g/mol. The highest BCUT2D eigenvalue weighted by Gasteiger charge is 2.37. The van der Waals surface area contributed by atoms with Crippen molar-refractivity contribution >= 4 is 51.7 Å². The zero-order valence-corrected chi connectivity index (χ0v) is 21.1. The number of hydrogen-bond acceptors (Lipinski definition) is 8. The highest BCUT2D eigenvalue weighted by molar-refractivity contribution is 7.95. The molecule has 0 saturated carbocycles. The SMILES string of the molecule is CC1(O)CN(SNC(=O)NC(C=O)Cc2cc(F)cc(F)c2)C1.CN(C)c1ccc2scnc2c1. The van der Waals surface area contributed by atoms with Crippen LogP contribution >= 0.6 is 23.5 Å². The zero-order chi connectivity index (χ0) is 25.6. The number of rotatable bonds is 7. The molecule has 1 aromatic heterocycles. The minimum Gasteiger partial charge on any atom is -0.387 e. The second-order valence-corrected chi connectivity index (χ2v) is 10.4. The van der Waals surface area contributed by atoms with Crippen molar-refractivity contribution in [2.75, 3.05) is 32.1 Å². The Hall–Kier alpha value is -2.80. The number of aromatic nitrogens is 1. The fourth-order valence-electron chi connectivity index (χ4n) is 3.32. The van der Waals surface area contributed by atoms with Crippen LogP contribution in [0.25, 0.3) is 10.2 Å². The minimum atomic E-state index is -0.906. The number of aldehydes is 1. The molecule has 2 aromatic carbocycles.